The molecule has 1 aliphatic rings. The standard InChI is InChI=1S/C15H23N3O9S3/c1-3-17(15(19)26-6-4-5-7-27-18(20)21)12-8-10(2)29(22,23)14-11(12)9-13(28-14)30(16,24)25/h9-10,12H,3-8H2,1-2H3,(H2,16,24,25)/t10-,12-/m0/s1. The van der Waals surface area contributed by atoms with E-state index in [9.17, 15) is 31.7 Å². The van der Waals surface area contributed by atoms with Crippen LogP contribution in [0.25, 0.3) is 0 Å². The maximum atomic E-state index is 12.7. The number of carbonyl (C=O) groups is 1. The molecule has 0 fully saturated rings. The van der Waals surface area contributed by atoms with E-state index in [1.54, 1.807) is 6.92 Å². The molecule has 1 aromatic heterocycles. The molecule has 1 amide bonds. The van der Waals surface area contributed by atoms with Crippen molar-refractivity contribution in [2.75, 3.05) is 19.8 Å². The molecule has 2 heterocycles. The maximum absolute atomic E-state index is 12.7. The molecular formula is C15H23N3O9S3. The fourth-order valence-corrected chi connectivity index (χ4v) is 7.47. The van der Waals surface area contributed by atoms with Crippen molar-refractivity contribution in [2.24, 2.45) is 5.14 Å². The highest BCUT2D eigenvalue weighted by Crippen LogP contribution is 2.45. The number of primary sulfonamides is 1. The number of unbranched alkanes of at least 4 members (excludes halogenated alkanes) is 1. The van der Waals surface area contributed by atoms with Gasteiger partial charge in [-0.25, -0.2) is 26.8 Å². The van der Waals surface area contributed by atoms with Crippen LogP contribution in [0.4, 0.5) is 4.79 Å². The number of nitrogens with zero attached hydrogens (tertiary/aromatic N) is 2. The van der Waals surface area contributed by atoms with E-state index in [0.29, 0.717) is 24.2 Å². The Balaban J connectivity index is 2.19. The molecule has 0 radical (unpaired) electrons. The van der Waals surface area contributed by atoms with Gasteiger partial charge in [0.25, 0.3) is 5.09 Å². The molecule has 0 aromatic carbocycles. The Hall–Kier alpha value is -1.97. The molecule has 12 nitrogen and oxygen atoms in total. The average Bonchev–Trinajstić information content (AvgIpc) is 3.10. The lowest BCUT2D eigenvalue weighted by Gasteiger charge is -2.35. The summed E-state index contributed by atoms with van der Waals surface area (Å²) >= 11 is 0.577. The van der Waals surface area contributed by atoms with Gasteiger partial charge >= 0.3 is 6.09 Å². The Morgan fingerprint density at radius 2 is 2.03 bits per heavy atom. The number of fused-ring (bicyclic) bond motifs is 1. The molecule has 170 valence electrons. The SMILES string of the molecule is CCN(C(=O)OCCCCO[N+](=O)[O-])[C@H]1C[C@H](C)S(=O)(=O)c2sc(S(N)(=O)=O)cc21. The predicted molar refractivity (Wildman–Crippen MR) is 106 cm³/mol. The minimum atomic E-state index is -4.11. The first-order chi connectivity index (χ1) is 13.9. The van der Waals surface area contributed by atoms with Gasteiger partial charge in [-0.3, -0.25) is 0 Å². The zero-order valence-electron chi connectivity index (χ0n) is 16.3. The van der Waals surface area contributed by atoms with Crippen LogP contribution >= 0.6 is 11.3 Å². The van der Waals surface area contributed by atoms with Crippen LogP contribution in [0.1, 0.15) is 44.7 Å². The molecule has 30 heavy (non-hydrogen) atoms. The zero-order valence-corrected chi connectivity index (χ0v) is 18.8. The highest BCUT2D eigenvalue weighted by atomic mass is 32.3. The molecular weight excluding hydrogens is 462 g/mol. The van der Waals surface area contributed by atoms with E-state index in [1.165, 1.54) is 17.9 Å². The number of sulfonamides is 1. The van der Waals surface area contributed by atoms with Crippen molar-refractivity contribution in [3.63, 3.8) is 0 Å². The van der Waals surface area contributed by atoms with Crippen LogP contribution in [0.3, 0.4) is 0 Å². The largest absolute Gasteiger partial charge is 0.449 e. The van der Waals surface area contributed by atoms with Crippen LogP contribution < -0.4 is 5.14 Å². The number of amides is 1. The molecule has 15 heteroatoms. The van der Waals surface area contributed by atoms with E-state index in [4.69, 9.17) is 9.88 Å². The number of carbonyl (C=O) groups excluding carboxylic acids is 1. The van der Waals surface area contributed by atoms with Gasteiger partial charge in [0.15, 0.2) is 9.84 Å². The molecule has 0 spiro atoms. The van der Waals surface area contributed by atoms with E-state index >= 15 is 0 Å². The third kappa shape index (κ3) is 5.39. The van der Waals surface area contributed by atoms with Crippen molar-refractivity contribution < 1.29 is 36.3 Å². The van der Waals surface area contributed by atoms with Gasteiger partial charge in [0.1, 0.15) is 8.42 Å². The fourth-order valence-electron chi connectivity index (χ4n) is 3.07. The molecule has 2 atom stereocenters. The van der Waals surface area contributed by atoms with Crippen LogP contribution in [-0.4, -0.2) is 57.9 Å². The minimum absolute atomic E-state index is 0.00406. The molecule has 0 aliphatic carbocycles. The number of nitrogens with two attached hydrogens (primary N) is 1. The Labute approximate surface area is 178 Å². The van der Waals surface area contributed by atoms with Crippen molar-refractivity contribution in [3.8, 4) is 0 Å². The first kappa shape index (κ1) is 24.3. The highest BCUT2D eigenvalue weighted by Gasteiger charge is 2.42. The number of hydrogen-bond donors (Lipinski definition) is 1. The first-order valence-electron chi connectivity index (χ1n) is 9.00. The first-order valence-corrected chi connectivity index (χ1v) is 12.9. The number of sulfone groups is 1. The molecule has 2 rings (SSSR count). The number of ether oxygens (including phenoxy) is 1. The topological polar surface area (TPSA) is 176 Å². The van der Waals surface area contributed by atoms with E-state index in [0.717, 1.165) is 0 Å². The zero-order chi connectivity index (χ0) is 22.7. The van der Waals surface area contributed by atoms with Crippen LogP contribution in [0.5, 0.6) is 0 Å². The van der Waals surface area contributed by atoms with Crippen LogP contribution in [-0.2, 0) is 29.4 Å². The van der Waals surface area contributed by atoms with E-state index in [-0.39, 0.29) is 40.2 Å². The highest BCUT2D eigenvalue weighted by molar-refractivity contribution is 7.95. The van der Waals surface area contributed by atoms with E-state index in [2.05, 4.69) is 4.84 Å². The lowest BCUT2D eigenvalue weighted by atomic mass is 10.0. The van der Waals surface area contributed by atoms with Gasteiger partial charge in [-0.1, -0.05) is 0 Å². The van der Waals surface area contributed by atoms with Crippen LogP contribution in [0, 0.1) is 10.1 Å². The normalized spacial score (nSPS) is 20.2. The lowest BCUT2D eigenvalue weighted by Crippen LogP contribution is -2.40. The quantitative estimate of drug-likeness (QED) is 0.308. The van der Waals surface area contributed by atoms with E-state index < -0.39 is 42.3 Å². The molecule has 1 aromatic rings. The van der Waals surface area contributed by atoms with Crippen molar-refractivity contribution in [1.29, 1.82) is 0 Å². The predicted octanol–water partition coefficient (Wildman–Crippen LogP) is 1.45. The van der Waals surface area contributed by atoms with Gasteiger partial charge in [0, 0.05) is 12.1 Å². The monoisotopic (exact) mass is 485 g/mol. The molecule has 0 bridgehead atoms. The van der Waals surface area contributed by atoms with Gasteiger partial charge in [0.05, 0.1) is 24.5 Å². The minimum Gasteiger partial charge on any atom is -0.449 e. The lowest BCUT2D eigenvalue weighted by molar-refractivity contribution is -0.757. The van der Waals surface area contributed by atoms with Crippen molar-refractivity contribution >= 4 is 37.3 Å². The molecule has 0 unspecified atom stereocenters. The summed E-state index contributed by atoms with van der Waals surface area (Å²) in [5.74, 6) is 0. The summed E-state index contributed by atoms with van der Waals surface area (Å²) in [5.41, 5.74) is 0.209. The van der Waals surface area contributed by atoms with Crippen LogP contribution in [0.15, 0.2) is 14.5 Å². The smallest absolute Gasteiger partial charge is 0.410 e. The summed E-state index contributed by atoms with van der Waals surface area (Å²) in [6.07, 6.45) is 0.0334. The Morgan fingerprint density at radius 1 is 1.40 bits per heavy atom. The number of rotatable bonds is 9. The van der Waals surface area contributed by atoms with Gasteiger partial charge < -0.3 is 14.5 Å². The summed E-state index contributed by atoms with van der Waals surface area (Å²) in [7, 11) is -7.85. The Kier molecular flexibility index (Phi) is 7.65. The van der Waals surface area contributed by atoms with Gasteiger partial charge in [-0.2, -0.15) is 0 Å². The molecule has 0 saturated carbocycles. The average molecular weight is 486 g/mol. The summed E-state index contributed by atoms with van der Waals surface area (Å²) in [6.45, 7) is 3.26. The van der Waals surface area contributed by atoms with Crippen molar-refractivity contribution in [3.05, 3.63) is 21.7 Å². The Morgan fingerprint density at radius 3 is 2.60 bits per heavy atom. The third-order valence-electron chi connectivity index (χ3n) is 4.60. The fraction of sp³-hybridized carbons (Fsp3) is 0.667. The van der Waals surface area contributed by atoms with E-state index in [1.807, 2.05) is 0 Å². The Bertz CT molecular complexity index is 1000. The second-order valence-electron chi connectivity index (χ2n) is 6.62. The molecule has 2 N–H and O–H groups in total. The summed E-state index contributed by atoms with van der Waals surface area (Å²) in [6, 6.07) is 0.509. The third-order valence-corrected chi connectivity index (χ3v) is 9.91. The summed E-state index contributed by atoms with van der Waals surface area (Å²) < 4.78 is 53.6. The van der Waals surface area contributed by atoms with Crippen LogP contribution in [0.2, 0.25) is 0 Å². The second-order valence-corrected chi connectivity index (χ2v) is 12.0. The molecule has 0 saturated heterocycles. The van der Waals surface area contributed by atoms with Gasteiger partial charge in [0.2, 0.25) is 10.0 Å². The van der Waals surface area contributed by atoms with Crippen molar-refractivity contribution in [2.45, 2.75) is 52.8 Å². The van der Waals surface area contributed by atoms with Gasteiger partial charge in [-0.05, 0) is 39.2 Å². The summed E-state index contributed by atoms with van der Waals surface area (Å²) in [5, 5.41) is 13.5. The second kappa shape index (κ2) is 9.45. The molecule has 1 aliphatic heterocycles. The van der Waals surface area contributed by atoms with Gasteiger partial charge in [-0.15, -0.1) is 21.5 Å². The maximum Gasteiger partial charge on any atom is 0.410 e. The summed E-state index contributed by atoms with van der Waals surface area (Å²) in [4.78, 5) is 28.2. The van der Waals surface area contributed by atoms with Crippen molar-refractivity contribution in [1.82, 2.24) is 4.90 Å². The number of thiophene rings is 1. The number of hydrogen-bond acceptors (Lipinski definition) is 10.